The molecule has 10 heteroatoms. The zero-order valence-corrected chi connectivity index (χ0v) is 19.4. The van der Waals surface area contributed by atoms with Crippen LogP contribution in [0.25, 0.3) is 10.9 Å². The molecule has 1 aromatic carbocycles. The average molecular weight is 471 g/mol. The van der Waals surface area contributed by atoms with Crippen molar-refractivity contribution in [3.05, 3.63) is 39.9 Å². The number of carbonyl (C=O) groups excluding carboxylic acids is 3. The summed E-state index contributed by atoms with van der Waals surface area (Å²) in [6, 6.07) is 2.68. The number of nitrogens with zero attached hydrogens (tertiary/aromatic N) is 4. The van der Waals surface area contributed by atoms with Gasteiger partial charge >= 0.3 is 5.97 Å². The molecule has 5 rings (SSSR count). The second kappa shape index (κ2) is 8.11. The molecule has 1 aromatic heterocycles. The standard InChI is InChI=1S/C24H27FN4O5/c1-13-22(23(32)26(13)3)34-24(33)17-12-29(15-4-5-15)19-11-20(18(25)10-16(19)21(17)31)28-8-6-27(7-9-28)14(2)30/h10-13,15,22H,4-9H2,1-3H3/t13-,22+/m1/s1. The van der Waals surface area contributed by atoms with Crippen molar-refractivity contribution in [1.82, 2.24) is 14.4 Å². The van der Waals surface area contributed by atoms with Gasteiger partial charge in [-0.2, -0.15) is 0 Å². The molecule has 0 bridgehead atoms. The van der Waals surface area contributed by atoms with Gasteiger partial charge in [-0.3, -0.25) is 14.4 Å². The van der Waals surface area contributed by atoms with E-state index in [2.05, 4.69) is 0 Å². The average Bonchev–Trinajstić information content (AvgIpc) is 3.67. The largest absolute Gasteiger partial charge is 0.446 e. The maximum atomic E-state index is 15.2. The first-order valence-electron chi connectivity index (χ1n) is 11.5. The van der Waals surface area contributed by atoms with E-state index >= 15 is 4.39 Å². The molecule has 1 aliphatic carbocycles. The third kappa shape index (κ3) is 3.61. The molecule has 2 aliphatic heterocycles. The number of likely N-dealkylation sites (N-methyl/N-ethyl adjacent to an activating group) is 1. The molecule has 2 atom stereocenters. The molecule has 0 unspecified atom stereocenters. The van der Waals surface area contributed by atoms with Crippen LogP contribution in [0, 0.1) is 5.82 Å². The maximum absolute atomic E-state index is 15.2. The van der Waals surface area contributed by atoms with Gasteiger partial charge < -0.3 is 24.0 Å². The van der Waals surface area contributed by atoms with E-state index in [0.29, 0.717) is 37.4 Å². The van der Waals surface area contributed by atoms with Gasteiger partial charge in [0.1, 0.15) is 11.4 Å². The quantitative estimate of drug-likeness (QED) is 0.497. The lowest BCUT2D eigenvalue weighted by Gasteiger charge is -2.41. The van der Waals surface area contributed by atoms with Crippen molar-refractivity contribution in [3.63, 3.8) is 0 Å². The van der Waals surface area contributed by atoms with Crippen molar-refractivity contribution in [2.45, 2.75) is 44.9 Å². The van der Waals surface area contributed by atoms with E-state index < -0.39 is 23.3 Å². The number of rotatable bonds is 4. The fourth-order valence-corrected chi connectivity index (χ4v) is 4.72. The number of aromatic nitrogens is 1. The number of hydrogen-bond donors (Lipinski definition) is 0. The summed E-state index contributed by atoms with van der Waals surface area (Å²) in [6.07, 6.45) is 2.34. The Morgan fingerprint density at radius 3 is 2.35 bits per heavy atom. The number of benzene rings is 1. The third-order valence-corrected chi connectivity index (χ3v) is 7.20. The lowest BCUT2D eigenvalue weighted by Crippen LogP contribution is -2.63. The summed E-state index contributed by atoms with van der Waals surface area (Å²) >= 11 is 0. The van der Waals surface area contributed by atoms with E-state index in [1.807, 2.05) is 9.47 Å². The molecule has 3 fully saturated rings. The van der Waals surface area contributed by atoms with Crippen LogP contribution in [0.15, 0.2) is 23.1 Å². The molecule has 2 aromatic rings. The lowest BCUT2D eigenvalue weighted by atomic mass is 10.0. The lowest BCUT2D eigenvalue weighted by molar-refractivity contribution is -0.162. The first-order chi connectivity index (χ1) is 16.2. The Balaban J connectivity index is 1.50. The highest BCUT2D eigenvalue weighted by molar-refractivity contribution is 5.97. The van der Waals surface area contributed by atoms with Crippen molar-refractivity contribution >= 4 is 34.4 Å². The van der Waals surface area contributed by atoms with E-state index in [0.717, 1.165) is 12.8 Å². The van der Waals surface area contributed by atoms with Gasteiger partial charge in [0.25, 0.3) is 5.91 Å². The number of likely N-dealkylation sites (tertiary alicyclic amines) is 1. The van der Waals surface area contributed by atoms with Crippen LogP contribution in [0.5, 0.6) is 0 Å². The Bertz CT molecular complexity index is 1260. The number of fused-ring (bicyclic) bond motifs is 1. The smallest absolute Gasteiger partial charge is 0.344 e. The molecule has 34 heavy (non-hydrogen) atoms. The van der Waals surface area contributed by atoms with Crippen LogP contribution in [-0.2, 0) is 14.3 Å². The van der Waals surface area contributed by atoms with Crippen LogP contribution in [0.4, 0.5) is 10.1 Å². The highest BCUT2D eigenvalue weighted by Gasteiger charge is 2.45. The number of amides is 2. The molecule has 1 saturated carbocycles. The van der Waals surface area contributed by atoms with Crippen molar-refractivity contribution in [2.24, 2.45) is 0 Å². The van der Waals surface area contributed by atoms with Gasteiger partial charge in [0.15, 0.2) is 0 Å². The SMILES string of the molecule is CC(=O)N1CCN(c2cc3c(cc2F)c(=O)c(C(=O)O[C@@H]2C(=O)N(C)[C@@H]2C)cn3C2CC2)CC1. The van der Waals surface area contributed by atoms with Crippen molar-refractivity contribution in [3.8, 4) is 0 Å². The van der Waals surface area contributed by atoms with Crippen LogP contribution in [0.3, 0.4) is 0 Å². The van der Waals surface area contributed by atoms with Gasteiger partial charge in [-0.1, -0.05) is 0 Å². The van der Waals surface area contributed by atoms with Crippen molar-refractivity contribution in [1.29, 1.82) is 0 Å². The predicted molar refractivity (Wildman–Crippen MR) is 122 cm³/mol. The molecule has 9 nitrogen and oxygen atoms in total. The molecule has 0 radical (unpaired) electrons. The summed E-state index contributed by atoms with van der Waals surface area (Å²) in [4.78, 5) is 54.7. The van der Waals surface area contributed by atoms with Gasteiger partial charge in [-0.05, 0) is 31.9 Å². The second-order valence-corrected chi connectivity index (χ2v) is 9.34. The van der Waals surface area contributed by atoms with Crippen LogP contribution in [0.2, 0.25) is 0 Å². The Morgan fingerprint density at radius 2 is 1.76 bits per heavy atom. The zero-order valence-electron chi connectivity index (χ0n) is 19.4. The molecule has 3 heterocycles. The topological polar surface area (TPSA) is 92.2 Å². The number of hydrogen-bond acceptors (Lipinski definition) is 6. The number of carbonyl (C=O) groups is 3. The molecule has 180 valence electrons. The van der Waals surface area contributed by atoms with E-state index in [9.17, 15) is 19.2 Å². The van der Waals surface area contributed by atoms with Crippen molar-refractivity contribution in [2.75, 3.05) is 38.1 Å². The maximum Gasteiger partial charge on any atom is 0.344 e. The Morgan fingerprint density at radius 1 is 1.09 bits per heavy atom. The number of anilines is 1. The molecule has 0 spiro atoms. The van der Waals surface area contributed by atoms with E-state index in [1.54, 1.807) is 24.9 Å². The van der Waals surface area contributed by atoms with Crippen LogP contribution >= 0.6 is 0 Å². The van der Waals surface area contributed by atoms with Gasteiger partial charge in [-0.25, -0.2) is 9.18 Å². The number of pyridine rings is 1. The minimum absolute atomic E-state index is 0.00902. The molecule has 2 saturated heterocycles. The monoisotopic (exact) mass is 470 g/mol. The van der Waals surface area contributed by atoms with Gasteiger partial charge in [-0.15, -0.1) is 0 Å². The zero-order chi connectivity index (χ0) is 24.3. The highest BCUT2D eigenvalue weighted by Crippen LogP contribution is 2.38. The Kier molecular flexibility index (Phi) is 5.33. The van der Waals surface area contributed by atoms with Crippen LogP contribution in [0.1, 0.15) is 43.1 Å². The summed E-state index contributed by atoms with van der Waals surface area (Å²) in [6.45, 7) is 5.25. The van der Waals surface area contributed by atoms with Gasteiger partial charge in [0.05, 0.1) is 17.2 Å². The van der Waals surface area contributed by atoms with E-state index in [4.69, 9.17) is 4.74 Å². The first kappa shape index (κ1) is 22.4. The Labute approximate surface area is 195 Å². The number of piperazine rings is 1. The normalized spacial score (nSPS) is 22.7. The van der Waals surface area contributed by atoms with Crippen LogP contribution < -0.4 is 10.3 Å². The van der Waals surface area contributed by atoms with Crippen LogP contribution in [-0.4, -0.2) is 77.5 Å². The Hall–Kier alpha value is -3.43. The summed E-state index contributed by atoms with van der Waals surface area (Å²) < 4.78 is 22.4. The molecule has 0 N–H and O–H groups in total. The number of ether oxygens (including phenoxy) is 1. The van der Waals surface area contributed by atoms with E-state index in [-0.39, 0.29) is 34.8 Å². The first-order valence-corrected chi connectivity index (χ1v) is 11.5. The summed E-state index contributed by atoms with van der Waals surface area (Å²) in [5.41, 5.74) is 0.117. The van der Waals surface area contributed by atoms with Gasteiger partial charge in [0, 0.05) is 57.8 Å². The number of β-lactam (4-membered cyclic amide) rings is 1. The minimum Gasteiger partial charge on any atom is -0.446 e. The molecule has 2 amide bonds. The number of halogens is 1. The molecule has 3 aliphatic rings. The summed E-state index contributed by atoms with van der Waals surface area (Å²) in [5.74, 6) is -1.75. The number of esters is 1. The second-order valence-electron chi connectivity index (χ2n) is 9.34. The fraction of sp³-hybridized carbons (Fsp3) is 0.500. The third-order valence-electron chi connectivity index (χ3n) is 7.20. The molecular weight excluding hydrogens is 443 g/mol. The minimum atomic E-state index is -0.922. The van der Waals surface area contributed by atoms with E-state index in [1.165, 1.54) is 24.1 Å². The predicted octanol–water partition coefficient (Wildman–Crippen LogP) is 1.53. The van der Waals surface area contributed by atoms with Crippen molar-refractivity contribution < 1.29 is 23.5 Å². The highest BCUT2D eigenvalue weighted by atomic mass is 19.1. The molecular formula is C24H27FN4O5. The summed E-state index contributed by atoms with van der Waals surface area (Å²) in [5, 5.41) is 0.107. The van der Waals surface area contributed by atoms with Gasteiger partial charge in [0.2, 0.25) is 17.4 Å². The summed E-state index contributed by atoms with van der Waals surface area (Å²) in [7, 11) is 1.62. The fourth-order valence-electron chi connectivity index (χ4n) is 4.72.